The van der Waals surface area contributed by atoms with E-state index in [0.717, 1.165) is 52.7 Å². The molecule has 2 fully saturated rings. The van der Waals surface area contributed by atoms with Crippen LogP contribution in [0.4, 0.5) is 5.82 Å². The molecule has 3 N–H and O–H groups in total. The molecule has 0 bridgehead atoms. The average molecular weight is 290 g/mol. The number of thiophene rings is 1. The van der Waals surface area contributed by atoms with Crippen LogP contribution in [0.3, 0.4) is 0 Å². The van der Waals surface area contributed by atoms with Gasteiger partial charge in [0.25, 0.3) is 0 Å². The van der Waals surface area contributed by atoms with Gasteiger partial charge >= 0.3 is 0 Å². The molecule has 2 aromatic rings. The van der Waals surface area contributed by atoms with Crippen LogP contribution in [0, 0.1) is 5.92 Å². The van der Waals surface area contributed by atoms with Gasteiger partial charge in [-0.25, -0.2) is 4.98 Å². The number of nitrogens with two attached hydrogens (primary N) is 1. The molecule has 2 aromatic heterocycles. The van der Waals surface area contributed by atoms with Crippen molar-refractivity contribution in [3.8, 4) is 0 Å². The summed E-state index contributed by atoms with van der Waals surface area (Å²) in [6.45, 7) is 3.29. The van der Waals surface area contributed by atoms with Crippen molar-refractivity contribution in [2.45, 2.75) is 6.04 Å². The van der Waals surface area contributed by atoms with Gasteiger partial charge in [-0.3, -0.25) is 4.79 Å². The van der Waals surface area contributed by atoms with Crippen LogP contribution in [0.1, 0.15) is 9.67 Å². The van der Waals surface area contributed by atoms with Crippen LogP contribution >= 0.6 is 11.3 Å². The molecule has 0 amide bonds. The number of rotatable bonds is 2. The summed E-state index contributed by atoms with van der Waals surface area (Å²) in [4.78, 5) is 19.5. The van der Waals surface area contributed by atoms with Crippen molar-refractivity contribution in [1.29, 1.82) is 0 Å². The molecular formula is C14H18N4OS. The van der Waals surface area contributed by atoms with E-state index in [9.17, 15) is 4.79 Å². The smallest absolute Gasteiger partial charge is 0.160 e. The zero-order valence-electron chi connectivity index (χ0n) is 11.4. The summed E-state index contributed by atoms with van der Waals surface area (Å²) in [5.41, 5.74) is 4.50. The van der Waals surface area contributed by atoms with Crippen molar-refractivity contribution >= 4 is 33.7 Å². The topological polar surface area (TPSA) is 71.2 Å². The molecule has 4 heterocycles. The lowest BCUT2D eigenvalue weighted by atomic mass is 9.96. The minimum Gasteiger partial charge on any atom is -0.355 e. The monoisotopic (exact) mass is 290 g/mol. The third-order valence-electron chi connectivity index (χ3n) is 3.91. The van der Waals surface area contributed by atoms with Gasteiger partial charge in [0.15, 0.2) is 6.29 Å². The molecule has 2 aliphatic rings. The SMILES string of the molecule is CN.O=Cc1cc2ccc(N3CC4CNC4C3)nc2s1. The summed E-state index contributed by atoms with van der Waals surface area (Å²) in [7, 11) is 1.50. The molecule has 0 spiro atoms. The van der Waals surface area contributed by atoms with E-state index < -0.39 is 0 Å². The molecule has 0 aliphatic carbocycles. The number of nitrogens with one attached hydrogen (secondary N) is 1. The van der Waals surface area contributed by atoms with Gasteiger partial charge in [-0.2, -0.15) is 0 Å². The second-order valence-corrected chi connectivity index (χ2v) is 6.07. The number of anilines is 1. The van der Waals surface area contributed by atoms with E-state index in [4.69, 9.17) is 0 Å². The van der Waals surface area contributed by atoms with Crippen molar-refractivity contribution in [2.75, 3.05) is 31.6 Å². The van der Waals surface area contributed by atoms with Crippen molar-refractivity contribution in [3.05, 3.63) is 23.1 Å². The van der Waals surface area contributed by atoms with Gasteiger partial charge in [-0.15, -0.1) is 11.3 Å². The summed E-state index contributed by atoms with van der Waals surface area (Å²) < 4.78 is 0. The van der Waals surface area contributed by atoms with Gasteiger partial charge in [0.05, 0.1) is 4.88 Å². The van der Waals surface area contributed by atoms with Crippen LogP contribution in [-0.2, 0) is 0 Å². The number of aromatic nitrogens is 1. The number of carbonyl (C=O) groups excluding carboxylic acids is 1. The highest BCUT2D eigenvalue weighted by molar-refractivity contribution is 7.20. The van der Waals surface area contributed by atoms with Crippen LogP contribution in [0.25, 0.3) is 10.2 Å². The van der Waals surface area contributed by atoms with Crippen LogP contribution < -0.4 is 16.0 Å². The number of fused-ring (bicyclic) bond motifs is 2. The van der Waals surface area contributed by atoms with Crippen molar-refractivity contribution in [3.63, 3.8) is 0 Å². The van der Waals surface area contributed by atoms with Crippen molar-refractivity contribution in [1.82, 2.24) is 10.3 Å². The Morgan fingerprint density at radius 2 is 2.30 bits per heavy atom. The van der Waals surface area contributed by atoms with E-state index >= 15 is 0 Å². The third kappa shape index (κ3) is 2.19. The quantitative estimate of drug-likeness (QED) is 0.810. The van der Waals surface area contributed by atoms with E-state index in [0.29, 0.717) is 6.04 Å². The molecule has 106 valence electrons. The molecular weight excluding hydrogens is 272 g/mol. The van der Waals surface area contributed by atoms with Gasteiger partial charge in [0.2, 0.25) is 0 Å². The number of hydrogen-bond acceptors (Lipinski definition) is 6. The molecule has 20 heavy (non-hydrogen) atoms. The summed E-state index contributed by atoms with van der Waals surface area (Å²) in [5, 5.41) is 4.51. The maximum absolute atomic E-state index is 10.8. The molecule has 5 nitrogen and oxygen atoms in total. The van der Waals surface area contributed by atoms with Crippen molar-refractivity contribution in [2.24, 2.45) is 11.7 Å². The zero-order chi connectivity index (χ0) is 14.1. The first-order valence-electron chi connectivity index (χ1n) is 6.75. The van der Waals surface area contributed by atoms with Gasteiger partial charge in [0.1, 0.15) is 10.6 Å². The molecule has 0 radical (unpaired) electrons. The standard InChI is InChI=1S/C13H13N3OS.CH5N/c17-7-10-3-8-1-2-12(15-13(8)18-10)16-5-9-4-14-11(9)6-16;1-2/h1-3,7,9,11,14H,4-6H2;2H2,1H3. The van der Waals surface area contributed by atoms with E-state index in [-0.39, 0.29) is 0 Å². The zero-order valence-corrected chi connectivity index (χ0v) is 12.2. The van der Waals surface area contributed by atoms with E-state index in [1.54, 1.807) is 0 Å². The summed E-state index contributed by atoms with van der Waals surface area (Å²) in [6, 6.07) is 6.68. The number of carbonyl (C=O) groups is 1. The number of nitrogens with zero attached hydrogens (tertiary/aromatic N) is 2. The lowest BCUT2D eigenvalue weighted by Crippen LogP contribution is -2.51. The van der Waals surface area contributed by atoms with E-state index in [1.807, 2.05) is 6.07 Å². The molecule has 2 unspecified atom stereocenters. The lowest BCUT2D eigenvalue weighted by molar-refractivity contribution is 0.112. The molecule has 2 atom stereocenters. The molecule has 0 saturated carbocycles. The van der Waals surface area contributed by atoms with E-state index in [1.165, 1.54) is 18.4 Å². The maximum atomic E-state index is 10.8. The normalized spacial score (nSPS) is 23.8. The predicted molar refractivity (Wildman–Crippen MR) is 82.6 cm³/mol. The fourth-order valence-corrected chi connectivity index (χ4v) is 3.64. The fourth-order valence-electron chi connectivity index (χ4n) is 2.80. The lowest BCUT2D eigenvalue weighted by Gasteiger charge is -2.29. The molecule has 6 heteroatoms. The second kappa shape index (κ2) is 5.47. The van der Waals surface area contributed by atoms with Gasteiger partial charge in [0, 0.05) is 37.0 Å². The Morgan fingerprint density at radius 1 is 1.45 bits per heavy atom. The highest BCUT2D eigenvalue weighted by Crippen LogP contribution is 2.30. The van der Waals surface area contributed by atoms with Gasteiger partial charge in [-0.1, -0.05) is 0 Å². The highest BCUT2D eigenvalue weighted by Gasteiger charge is 2.39. The Labute approximate surface area is 121 Å². The first-order valence-corrected chi connectivity index (χ1v) is 7.57. The Balaban J connectivity index is 0.000000581. The molecule has 0 aromatic carbocycles. The Kier molecular flexibility index (Phi) is 3.69. The Hall–Kier alpha value is -1.50. The third-order valence-corrected chi connectivity index (χ3v) is 4.88. The number of pyridine rings is 1. The summed E-state index contributed by atoms with van der Waals surface area (Å²) in [6.07, 6.45) is 0.895. The molecule has 2 saturated heterocycles. The minimum absolute atomic E-state index is 0.649. The maximum Gasteiger partial charge on any atom is 0.160 e. The fraction of sp³-hybridized carbons (Fsp3) is 0.429. The van der Waals surface area contributed by atoms with Crippen LogP contribution in [-0.4, -0.2) is 44.0 Å². The van der Waals surface area contributed by atoms with Crippen molar-refractivity contribution < 1.29 is 4.79 Å². The number of hydrogen-bond donors (Lipinski definition) is 2. The highest BCUT2D eigenvalue weighted by atomic mass is 32.1. The summed E-state index contributed by atoms with van der Waals surface area (Å²) >= 11 is 1.47. The van der Waals surface area contributed by atoms with E-state index in [2.05, 4.69) is 33.1 Å². The number of aldehydes is 1. The Morgan fingerprint density at radius 3 is 2.90 bits per heavy atom. The molecule has 4 rings (SSSR count). The van der Waals surface area contributed by atoms with Gasteiger partial charge < -0.3 is 16.0 Å². The van der Waals surface area contributed by atoms with Gasteiger partial charge in [-0.05, 0) is 25.2 Å². The Bertz CT molecular complexity index is 615. The second-order valence-electron chi connectivity index (χ2n) is 5.01. The van der Waals surface area contributed by atoms with Crippen LogP contribution in [0.5, 0.6) is 0 Å². The first-order chi connectivity index (χ1) is 9.83. The largest absolute Gasteiger partial charge is 0.355 e. The molecule has 2 aliphatic heterocycles. The minimum atomic E-state index is 0.649. The predicted octanol–water partition coefficient (Wildman–Crippen LogP) is 1.09. The van der Waals surface area contributed by atoms with Crippen LogP contribution in [0.2, 0.25) is 0 Å². The summed E-state index contributed by atoms with van der Waals surface area (Å²) in [5.74, 6) is 1.83. The van der Waals surface area contributed by atoms with Crippen LogP contribution in [0.15, 0.2) is 18.2 Å². The first kappa shape index (κ1) is 13.5. The average Bonchev–Trinajstić information content (AvgIpc) is 3.02.